The van der Waals surface area contributed by atoms with Gasteiger partial charge in [-0.25, -0.2) is 0 Å². The van der Waals surface area contributed by atoms with Crippen molar-refractivity contribution in [3.63, 3.8) is 0 Å². The first-order valence-corrected chi connectivity index (χ1v) is 15.2. The zero-order valence-corrected chi connectivity index (χ0v) is 25.2. The number of rotatable bonds is 5. The Bertz CT molecular complexity index is 1520. The highest BCUT2D eigenvalue weighted by Gasteiger charge is 2.49. The number of aryl methyl sites for hydroxylation is 2. The van der Waals surface area contributed by atoms with E-state index in [4.69, 9.17) is 9.47 Å². The number of amides is 1. The first-order valence-electron chi connectivity index (χ1n) is 14.3. The number of ether oxygens (including phenoxy) is 2. The molecule has 3 aromatic rings. The fourth-order valence-corrected chi connectivity index (χ4v) is 7.76. The maximum absolute atomic E-state index is 14.1. The number of aromatic nitrogens is 1. The second kappa shape index (κ2) is 10.1. The van der Waals surface area contributed by atoms with E-state index in [1.165, 1.54) is 0 Å². The Morgan fingerprint density at radius 3 is 2.45 bits per heavy atom. The largest absolute Gasteiger partial charge is 0.448 e. The topological polar surface area (TPSA) is 74.9 Å². The van der Waals surface area contributed by atoms with Crippen LogP contribution in [0.25, 0.3) is 10.4 Å². The highest BCUT2D eigenvalue weighted by Crippen LogP contribution is 2.55. The van der Waals surface area contributed by atoms with Crippen molar-refractivity contribution in [3.05, 3.63) is 67.4 Å². The van der Waals surface area contributed by atoms with E-state index in [0.29, 0.717) is 35.9 Å². The van der Waals surface area contributed by atoms with E-state index < -0.39 is 5.79 Å². The number of thiophene rings is 1. The first kappa shape index (κ1) is 27.1. The van der Waals surface area contributed by atoms with E-state index in [9.17, 15) is 9.59 Å². The van der Waals surface area contributed by atoms with Gasteiger partial charge in [-0.05, 0) is 95.6 Å². The molecular weight excluding hydrogens is 522 g/mol. The predicted octanol–water partition coefficient (Wildman–Crippen LogP) is 5.83. The van der Waals surface area contributed by atoms with E-state index in [2.05, 4.69) is 42.3 Å². The van der Waals surface area contributed by atoms with Crippen LogP contribution in [-0.4, -0.2) is 53.2 Å². The summed E-state index contributed by atoms with van der Waals surface area (Å²) in [6.07, 6.45) is 5.01. The quantitative estimate of drug-likeness (QED) is 0.424. The molecule has 0 radical (unpaired) electrons. The molecule has 1 atom stereocenters. The highest BCUT2D eigenvalue weighted by molar-refractivity contribution is 7.13. The third-order valence-corrected chi connectivity index (χ3v) is 10.2. The average Bonchev–Trinajstić information content (AvgIpc) is 3.56. The minimum atomic E-state index is -0.768. The van der Waals surface area contributed by atoms with E-state index in [-0.39, 0.29) is 23.9 Å². The van der Waals surface area contributed by atoms with E-state index >= 15 is 0 Å². The first-order chi connectivity index (χ1) is 19.1. The molecule has 1 amide bonds. The number of nitrogens with one attached hydrogen (secondary N) is 1. The maximum atomic E-state index is 14.1. The lowest BCUT2D eigenvalue weighted by atomic mass is 9.81. The molecule has 4 heterocycles. The minimum Gasteiger partial charge on any atom is -0.448 e. The smallest absolute Gasteiger partial charge is 0.254 e. The van der Waals surface area contributed by atoms with Crippen LogP contribution in [0.2, 0.25) is 0 Å². The van der Waals surface area contributed by atoms with Crippen LogP contribution in [-0.2, 0) is 13.0 Å². The summed E-state index contributed by atoms with van der Waals surface area (Å²) < 4.78 is 13.6. The van der Waals surface area contributed by atoms with Crippen molar-refractivity contribution in [1.29, 1.82) is 0 Å². The Morgan fingerprint density at radius 2 is 1.80 bits per heavy atom. The summed E-state index contributed by atoms with van der Waals surface area (Å²) in [6.45, 7) is 8.70. The zero-order valence-electron chi connectivity index (χ0n) is 24.3. The van der Waals surface area contributed by atoms with Gasteiger partial charge in [0.1, 0.15) is 0 Å². The molecule has 1 saturated carbocycles. The molecule has 2 aliphatic heterocycles. The SMILES string of the molecule is Cc1cc(C)c(CN2CCc3c(c(C)c4c(c3-c3cccs3)O[C@](C)([C@H]3CC[C@H](N(C)C)CC3)O4)C2=O)c(=O)[nH]1. The van der Waals surface area contributed by atoms with Gasteiger partial charge in [0.05, 0.1) is 12.1 Å². The molecule has 3 aliphatic rings. The number of nitrogens with zero attached hydrogens (tertiary/aromatic N) is 2. The monoisotopic (exact) mass is 561 g/mol. The minimum absolute atomic E-state index is 0.0533. The average molecular weight is 562 g/mol. The summed E-state index contributed by atoms with van der Waals surface area (Å²) in [5, 5.41) is 2.06. The summed E-state index contributed by atoms with van der Waals surface area (Å²) in [4.78, 5) is 35.0. The lowest BCUT2D eigenvalue weighted by molar-refractivity contribution is -0.123. The molecule has 0 bridgehead atoms. The van der Waals surface area contributed by atoms with Crippen molar-refractivity contribution in [2.45, 2.75) is 78.2 Å². The number of aromatic amines is 1. The van der Waals surface area contributed by atoms with Crippen LogP contribution in [0.3, 0.4) is 0 Å². The standard InChI is InChI=1S/C32H39N3O4S/c1-18-16-19(2)33-30(36)24(18)17-35-14-13-23-26(31(35)37)20(3)28-29(27(23)25-8-7-15-40-25)39-32(4,38-28)21-9-11-22(12-10-21)34(5)6/h7-8,15-16,21-22H,9-14,17H2,1-6H3,(H,33,36)/t21-,22-,32-/m1/s1. The number of hydrogen-bond donors (Lipinski definition) is 1. The Hall–Kier alpha value is -3.10. The molecule has 0 saturated heterocycles. The van der Waals surface area contributed by atoms with Gasteiger partial charge < -0.3 is 24.3 Å². The van der Waals surface area contributed by atoms with Crippen LogP contribution in [0.5, 0.6) is 11.5 Å². The van der Waals surface area contributed by atoms with Crippen LogP contribution < -0.4 is 15.0 Å². The van der Waals surface area contributed by atoms with Crippen molar-refractivity contribution in [2.24, 2.45) is 5.92 Å². The van der Waals surface area contributed by atoms with E-state index in [1.807, 2.05) is 37.8 Å². The predicted molar refractivity (Wildman–Crippen MR) is 159 cm³/mol. The van der Waals surface area contributed by atoms with Gasteiger partial charge in [0.2, 0.25) is 0 Å². The summed E-state index contributed by atoms with van der Waals surface area (Å²) in [5.41, 5.74) is 5.79. The molecule has 1 fully saturated rings. The van der Waals surface area contributed by atoms with Gasteiger partial charge in [-0.3, -0.25) is 9.59 Å². The molecule has 212 valence electrons. The number of carbonyl (C=O) groups is 1. The summed E-state index contributed by atoms with van der Waals surface area (Å²) in [5.74, 6) is 0.923. The van der Waals surface area contributed by atoms with Crippen molar-refractivity contribution in [2.75, 3.05) is 20.6 Å². The molecule has 8 heteroatoms. The van der Waals surface area contributed by atoms with Gasteiger partial charge in [-0.15, -0.1) is 11.3 Å². The van der Waals surface area contributed by atoms with Crippen LogP contribution in [0, 0.1) is 26.7 Å². The molecular formula is C32H39N3O4S. The van der Waals surface area contributed by atoms with Gasteiger partial charge in [-0.1, -0.05) is 6.07 Å². The summed E-state index contributed by atoms with van der Waals surface area (Å²) >= 11 is 1.66. The molecule has 6 rings (SSSR count). The van der Waals surface area contributed by atoms with E-state index in [0.717, 1.165) is 64.3 Å². The second-order valence-corrected chi connectivity index (χ2v) is 13.0. The molecule has 1 aromatic carbocycles. The van der Waals surface area contributed by atoms with Gasteiger partial charge >= 0.3 is 0 Å². The van der Waals surface area contributed by atoms with Crippen molar-refractivity contribution in [3.8, 4) is 21.9 Å². The molecule has 40 heavy (non-hydrogen) atoms. The van der Waals surface area contributed by atoms with Crippen molar-refractivity contribution in [1.82, 2.24) is 14.8 Å². The maximum Gasteiger partial charge on any atom is 0.254 e. The van der Waals surface area contributed by atoms with Crippen molar-refractivity contribution >= 4 is 17.2 Å². The number of hydrogen-bond acceptors (Lipinski definition) is 6. The zero-order chi connectivity index (χ0) is 28.3. The van der Waals surface area contributed by atoms with Gasteiger partial charge in [0, 0.05) is 52.7 Å². The molecule has 7 nitrogen and oxygen atoms in total. The van der Waals surface area contributed by atoms with Crippen LogP contribution >= 0.6 is 11.3 Å². The third-order valence-electron chi connectivity index (χ3n) is 9.27. The molecule has 2 aromatic heterocycles. The Balaban J connectivity index is 1.38. The summed E-state index contributed by atoms with van der Waals surface area (Å²) in [6, 6.07) is 6.69. The van der Waals surface area contributed by atoms with E-state index in [1.54, 1.807) is 11.3 Å². The van der Waals surface area contributed by atoms with Gasteiger partial charge in [-0.2, -0.15) is 0 Å². The van der Waals surface area contributed by atoms with Crippen LogP contribution in [0.15, 0.2) is 28.4 Å². The fraction of sp³-hybridized carbons (Fsp3) is 0.500. The van der Waals surface area contributed by atoms with Crippen LogP contribution in [0.1, 0.15) is 70.9 Å². The molecule has 0 spiro atoms. The number of carbonyl (C=O) groups excluding carboxylic acids is 1. The Labute approximate surface area is 240 Å². The number of fused-ring (bicyclic) bond motifs is 2. The summed E-state index contributed by atoms with van der Waals surface area (Å²) in [7, 11) is 4.31. The molecule has 1 aliphatic carbocycles. The molecule has 1 N–H and O–H groups in total. The van der Waals surface area contributed by atoms with Gasteiger partial charge in [0.25, 0.3) is 17.3 Å². The van der Waals surface area contributed by atoms with Gasteiger partial charge in [0.15, 0.2) is 11.5 Å². The Morgan fingerprint density at radius 1 is 1.07 bits per heavy atom. The van der Waals surface area contributed by atoms with Crippen LogP contribution in [0.4, 0.5) is 0 Å². The lowest BCUT2D eigenvalue weighted by Crippen LogP contribution is -2.46. The fourth-order valence-electron chi connectivity index (χ4n) is 6.96. The highest BCUT2D eigenvalue weighted by atomic mass is 32.1. The normalized spacial score (nSPS) is 24.1. The third kappa shape index (κ3) is 4.45. The Kier molecular flexibility index (Phi) is 6.82. The van der Waals surface area contributed by atoms with Crippen molar-refractivity contribution < 1.29 is 14.3 Å². The number of benzene rings is 1. The number of pyridine rings is 1. The number of H-pyrrole nitrogens is 1. The molecule has 0 unspecified atom stereocenters. The lowest BCUT2D eigenvalue weighted by Gasteiger charge is -2.39. The second-order valence-electron chi connectivity index (χ2n) is 12.1.